The van der Waals surface area contributed by atoms with Gasteiger partial charge in [0.15, 0.2) is 0 Å². The molecule has 0 bridgehead atoms. The van der Waals surface area contributed by atoms with Crippen molar-refractivity contribution in [2.24, 2.45) is 5.41 Å². The van der Waals surface area contributed by atoms with Crippen LogP contribution >= 0.6 is 0 Å². The number of hydrogen-bond donors (Lipinski definition) is 1. The van der Waals surface area contributed by atoms with E-state index in [9.17, 15) is 0 Å². The van der Waals surface area contributed by atoms with Crippen molar-refractivity contribution in [1.82, 2.24) is 5.32 Å². The minimum absolute atomic E-state index is 0.556. The maximum Gasteiger partial charge on any atom is 0.0414 e. The summed E-state index contributed by atoms with van der Waals surface area (Å²) in [4.78, 5) is 2.67. The summed E-state index contributed by atoms with van der Waals surface area (Å²) in [5.74, 6) is 0. The molecule has 0 spiro atoms. The van der Waals surface area contributed by atoms with E-state index in [1.54, 1.807) is 0 Å². The highest BCUT2D eigenvalue weighted by molar-refractivity contribution is 5.55. The summed E-state index contributed by atoms with van der Waals surface area (Å²) in [6.45, 7) is 8.11. The molecule has 0 unspecified atom stereocenters. The Morgan fingerprint density at radius 1 is 1.16 bits per heavy atom. The smallest absolute Gasteiger partial charge is 0.0414 e. The molecule has 2 heteroatoms. The number of fused-ring (bicyclic) bond motifs is 1. The van der Waals surface area contributed by atoms with E-state index in [-0.39, 0.29) is 0 Å². The highest BCUT2D eigenvalue weighted by Crippen LogP contribution is 2.38. The first-order chi connectivity index (χ1) is 9.16. The van der Waals surface area contributed by atoms with Gasteiger partial charge >= 0.3 is 0 Å². The Morgan fingerprint density at radius 2 is 1.89 bits per heavy atom. The lowest BCUT2D eigenvalue weighted by molar-refractivity contribution is 0.220. The molecule has 1 aliphatic heterocycles. The monoisotopic (exact) mass is 258 g/mol. The van der Waals surface area contributed by atoms with Crippen LogP contribution in [0.1, 0.15) is 45.1 Å². The fourth-order valence-electron chi connectivity index (χ4n) is 3.56. The Kier molecular flexibility index (Phi) is 3.53. The van der Waals surface area contributed by atoms with Gasteiger partial charge in [0.1, 0.15) is 0 Å². The molecule has 0 atom stereocenters. The third kappa shape index (κ3) is 2.79. The van der Waals surface area contributed by atoms with Gasteiger partial charge in [-0.25, -0.2) is 0 Å². The van der Waals surface area contributed by atoms with E-state index in [0.29, 0.717) is 5.41 Å². The maximum atomic E-state index is 3.55. The summed E-state index contributed by atoms with van der Waals surface area (Å²) in [6.07, 6.45) is 5.43. The van der Waals surface area contributed by atoms with Crippen LogP contribution in [0, 0.1) is 5.41 Å². The fraction of sp³-hybridized carbons (Fsp3) is 0.647. The van der Waals surface area contributed by atoms with Gasteiger partial charge in [-0.2, -0.15) is 0 Å². The minimum Gasteiger partial charge on any atom is -0.367 e. The highest BCUT2D eigenvalue weighted by Gasteiger charge is 2.31. The second-order valence-electron chi connectivity index (χ2n) is 6.89. The lowest BCUT2D eigenvalue weighted by Crippen LogP contribution is -2.42. The van der Waals surface area contributed by atoms with Crippen LogP contribution in [0.5, 0.6) is 0 Å². The van der Waals surface area contributed by atoms with Crippen LogP contribution in [-0.4, -0.2) is 19.1 Å². The van der Waals surface area contributed by atoms with Crippen LogP contribution in [0.2, 0.25) is 0 Å². The average molecular weight is 258 g/mol. The van der Waals surface area contributed by atoms with Gasteiger partial charge in [0.25, 0.3) is 0 Å². The molecule has 1 heterocycles. The fourth-order valence-corrected chi connectivity index (χ4v) is 3.56. The van der Waals surface area contributed by atoms with Crippen LogP contribution < -0.4 is 10.2 Å². The molecule has 1 aromatic rings. The zero-order chi connectivity index (χ0) is 13.3. The van der Waals surface area contributed by atoms with Crippen molar-refractivity contribution in [2.45, 2.75) is 52.1 Å². The quantitative estimate of drug-likeness (QED) is 0.828. The molecule has 0 aromatic heterocycles. The molecule has 104 valence electrons. The van der Waals surface area contributed by atoms with E-state index >= 15 is 0 Å². The molecule has 0 amide bonds. The summed E-state index contributed by atoms with van der Waals surface area (Å²) in [7, 11) is 0. The molecule has 1 N–H and O–H groups in total. The van der Waals surface area contributed by atoms with Crippen LogP contribution in [-0.2, 0) is 6.54 Å². The molecule has 1 fully saturated rings. The van der Waals surface area contributed by atoms with E-state index in [0.717, 1.165) is 25.7 Å². The summed E-state index contributed by atoms with van der Waals surface area (Å²) in [5, 5.41) is 3.55. The van der Waals surface area contributed by atoms with Crippen LogP contribution in [0.15, 0.2) is 24.3 Å². The molecular formula is C17H26N2. The van der Waals surface area contributed by atoms with E-state index in [1.807, 2.05) is 0 Å². The Labute approximate surface area is 117 Å². The summed E-state index contributed by atoms with van der Waals surface area (Å²) in [6, 6.07) is 9.67. The van der Waals surface area contributed by atoms with Crippen molar-refractivity contribution >= 4 is 5.69 Å². The third-order valence-corrected chi connectivity index (χ3v) is 4.90. The molecule has 19 heavy (non-hydrogen) atoms. The lowest BCUT2D eigenvalue weighted by atomic mass is 9.75. The summed E-state index contributed by atoms with van der Waals surface area (Å²) < 4.78 is 0. The first kappa shape index (κ1) is 13.0. The van der Waals surface area contributed by atoms with Gasteiger partial charge in [-0.05, 0) is 42.7 Å². The number of nitrogens with one attached hydrogen (secondary N) is 1. The van der Waals surface area contributed by atoms with E-state index < -0.39 is 0 Å². The van der Waals surface area contributed by atoms with E-state index in [2.05, 4.69) is 48.3 Å². The topological polar surface area (TPSA) is 15.3 Å². The van der Waals surface area contributed by atoms with Gasteiger partial charge < -0.3 is 10.2 Å². The van der Waals surface area contributed by atoms with Crippen molar-refractivity contribution in [1.29, 1.82) is 0 Å². The predicted octanol–water partition coefficient (Wildman–Crippen LogP) is 3.57. The number of anilines is 1. The Balaban J connectivity index is 1.81. The van der Waals surface area contributed by atoms with Crippen molar-refractivity contribution in [3.05, 3.63) is 29.8 Å². The normalized spacial score (nSPS) is 23.8. The molecule has 2 aliphatic rings. The van der Waals surface area contributed by atoms with E-state index in [1.165, 1.54) is 36.9 Å². The molecule has 1 aliphatic carbocycles. The molecule has 2 nitrogen and oxygen atoms in total. The zero-order valence-electron chi connectivity index (χ0n) is 12.3. The SMILES string of the molecule is CC1(C)CCC(N2CCNCc3ccccc32)CC1. The van der Waals surface area contributed by atoms with Crippen molar-refractivity contribution in [3.8, 4) is 0 Å². The lowest BCUT2D eigenvalue weighted by Gasteiger charge is -2.41. The molecule has 0 saturated heterocycles. The average Bonchev–Trinajstić information content (AvgIpc) is 2.61. The highest BCUT2D eigenvalue weighted by atomic mass is 15.2. The van der Waals surface area contributed by atoms with Gasteiger partial charge in [0.2, 0.25) is 0 Å². The number of hydrogen-bond acceptors (Lipinski definition) is 2. The first-order valence-electron chi connectivity index (χ1n) is 7.71. The van der Waals surface area contributed by atoms with E-state index in [4.69, 9.17) is 0 Å². The van der Waals surface area contributed by atoms with Crippen LogP contribution in [0.25, 0.3) is 0 Å². The van der Waals surface area contributed by atoms with Crippen molar-refractivity contribution in [2.75, 3.05) is 18.0 Å². The number of para-hydroxylation sites is 1. The van der Waals surface area contributed by atoms with Crippen LogP contribution in [0.4, 0.5) is 5.69 Å². The molecule has 1 saturated carbocycles. The predicted molar refractivity (Wildman–Crippen MR) is 81.5 cm³/mol. The second kappa shape index (κ2) is 5.16. The van der Waals surface area contributed by atoms with Gasteiger partial charge in [-0.1, -0.05) is 32.0 Å². The number of nitrogens with zero attached hydrogens (tertiary/aromatic N) is 1. The molecule has 3 rings (SSSR count). The van der Waals surface area contributed by atoms with Gasteiger partial charge in [-0.3, -0.25) is 0 Å². The maximum absolute atomic E-state index is 3.55. The number of benzene rings is 1. The van der Waals surface area contributed by atoms with Crippen molar-refractivity contribution in [3.63, 3.8) is 0 Å². The van der Waals surface area contributed by atoms with Gasteiger partial charge in [0, 0.05) is 31.4 Å². The largest absolute Gasteiger partial charge is 0.367 e. The Bertz CT molecular complexity index is 429. The molecule has 1 aromatic carbocycles. The Morgan fingerprint density at radius 3 is 2.68 bits per heavy atom. The molecule has 0 radical (unpaired) electrons. The van der Waals surface area contributed by atoms with Crippen LogP contribution in [0.3, 0.4) is 0 Å². The standard InChI is InChI=1S/C17H26N2/c1-17(2)9-7-15(8-10-17)19-12-11-18-13-14-5-3-4-6-16(14)19/h3-6,15,18H,7-13H2,1-2H3. The molecular weight excluding hydrogens is 232 g/mol. The number of rotatable bonds is 1. The second-order valence-corrected chi connectivity index (χ2v) is 6.89. The first-order valence-corrected chi connectivity index (χ1v) is 7.71. The van der Waals surface area contributed by atoms with Crippen molar-refractivity contribution < 1.29 is 0 Å². The summed E-state index contributed by atoms with van der Waals surface area (Å²) in [5.41, 5.74) is 3.49. The Hall–Kier alpha value is -1.02. The zero-order valence-corrected chi connectivity index (χ0v) is 12.3. The third-order valence-electron chi connectivity index (χ3n) is 4.90. The summed E-state index contributed by atoms with van der Waals surface area (Å²) >= 11 is 0. The van der Waals surface area contributed by atoms with Gasteiger partial charge in [-0.15, -0.1) is 0 Å². The minimum atomic E-state index is 0.556. The van der Waals surface area contributed by atoms with Gasteiger partial charge in [0.05, 0.1) is 0 Å².